The number of benzene rings is 1. The van der Waals surface area contributed by atoms with Crippen molar-refractivity contribution in [1.82, 2.24) is 4.90 Å². The van der Waals surface area contributed by atoms with Crippen LogP contribution in [0.1, 0.15) is 31.2 Å². The molecule has 1 fully saturated rings. The molecule has 2 aliphatic rings. The monoisotopic (exact) mass is 279 g/mol. The van der Waals surface area contributed by atoms with Crippen LogP contribution in [0.2, 0.25) is 0 Å². The van der Waals surface area contributed by atoms with E-state index >= 15 is 0 Å². The second kappa shape index (κ2) is 5.05. The van der Waals surface area contributed by atoms with Gasteiger partial charge in [0.1, 0.15) is 23.8 Å². The second-order valence-corrected chi connectivity index (χ2v) is 5.53. The lowest BCUT2D eigenvalue weighted by Crippen LogP contribution is -2.47. The van der Waals surface area contributed by atoms with Gasteiger partial charge >= 0.3 is 0 Å². The molecule has 0 spiro atoms. The third kappa shape index (κ3) is 2.26. The van der Waals surface area contributed by atoms with Crippen LogP contribution in [0.15, 0.2) is 18.2 Å². The number of fused-ring (bicyclic) bond motifs is 1. The Morgan fingerprint density at radius 3 is 2.85 bits per heavy atom. The topological polar surface area (TPSA) is 49.8 Å². The minimum Gasteiger partial charge on any atom is -0.491 e. The zero-order chi connectivity index (χ0) is 14.2. The molecule has 1 amide bonds. The van der Waals surface area contributed by atoms with Crippen molar-refractivity contribution in [1.29, 1.82) is 0 Å². The SMILES string of the molecule is O=C(N1CCOc2cccc(F)c2C1)C1(O)CCCC1. The fourth-order valence-electron chi connectivity index (χ4n) is 3.00. The minimum absolute atomic E-state index is 0.156. The van der Waals surface area contributed by atoms with Crippen LogP contribution in [0.25, 0.3) is 0 Å². The number of hydrogen-bond donors (Lipinski definition) is 1. The quantitative estimate of drug-likeness (QED) is 0.853. The molecule has 4 nitrogen and oxygen atoms in total. The maximum atomic E-state index is 13.9. The summed E-state index contributed by atoms with van der Waals surface area (Å²) < 4.78 is 19.4. The summed E-state index contributed by atoms with van der Waals surface area (Å²) in [4.78, 5) is 14.0. The number of halogens is 1. The summed E-state index contributed by atoms with van der Waals surface area (Å²) >= 11 is 0. The molecular weight excluding hydrogens is 261 g/mol. The highest BCUT2D eigenvalue weighted by atomic mass is 19.1. The zero-order valence-electron chi connectivity index (χ0n) is 11.3. The van der Waals surface area contributed by atoms with Gasteiger partial charge in [0.15, 0.2) is 0 Å². The fourth-order valence-corrected chi connectivity index (χ4v) is 3.00. The Labute approximate surface area is 117 Å². The van der Waals surface area contributed by atoms with E-state index in [1.165, 1.54) is 11.0 Å². The average Bonchev–Trinajstić information content (AvgIpc) is 2.76. The van der Waals surface area contributed by atoms with Crippen molar-refractivity contribution in [3.8, 4) is 5.75 Å². The van der Waals surface area contributed by atoms with Gasteiger partial charge in [0.25, 0.3) is 5.91 Å². The van der Waals surface area contributed by atoms with E-state index < -0.39 is 5.60 Å². The maximum Gasteiger partial charge on any atom is 0.254 e. The van der Waals surface area contributed by atoms with E-state index in [2.05, 4.69) is 0 Å². The van der Waals surface area contributed by atoms with Crippen molar-refractivity contribution in [2.45, 2.75) is 37.8 Å². The number of carbonyl (C=O) groups is 1. The summed E-state index contributed by atoms with van der Waals surface area (Å²) in [5.74, 6) is -0.186. The summed E-state index contributed by atoms with van der Waals surface area (Å²) in [5, 5.41) is 10.4. The van der Waals surface area contributed by atoms with E-state index in [-0.39, 0.29) is 18.3 Å². The Kier molecular flexibility index (Phi) is 3.38. The molecule has 1 aliphatic heterocycles. The van der Waals surface area contributed by atoms with Gasteiger partial charge in [-0.1, -0.05) is 6.07 Å². The predicted molar refractivity (Wildman–Crippen MR) is 70.7 cm³/mol. The third-order valence-corrected chi connectivity index (χ3v) is 4.16. The van der Waals surface area contributed by atoms with Crippen LogP contribution < -0.4 is 4.74 Å². The lowest BCUT2D eigenvalue weighted by Gasteiger charge is -2.29. The summed E-state index contributed by atoms with van der Waals surface area (Å²) in [5.41, 5.74) is -0.879. The lowest BCUT2D eigenvalue weighted by atomic mass is 10.00. The molecule has 1 N–H and O–H groups in total. The molecule has 0 aromatic heterocycles. The highest BCUT2D eigenvalue weighted by Gasteiger charge is 2.42. The average molecular weight is 279 g/mol. The molecule has 1 aromatic carbocycles. The summed E-state index contributed by atoms with van der Waals surface area (Å²) in [6.45, 7) is 0.844. The number of ether oxygens (including phenoxy) is 1. The largest absolute Gasteiger partial charge is 0.491 e. The number of aliphatic hydroxyl groups is 1. The molecule has 1 heterocycles. The van der Waals surface area contributed by atoms with Gasteiger partial charge in [-0.2, -0.15) is 0 Å². The van der Waals surface area contributed by atoms with Gasteiger partial charge in [-0.3, -0.25) is 4.79 Å². The molecule has 3 rings (SSSR count). The standard InChI is InChI=1S/C15H18FNO3/c16-12-4-3-5-13-11(12)10-17(8-9-20-13)14(18)15(19)6-1-2-7-15/h3-5,19H,1-2,6-10H2. The molecule has 0 atom stereocenters. The Hall–Kier alpha value is -1.62. The molecule has 0 bridgehead atoms. The molecule has 108 valence electrons. The van der Waals surface area contributed by atoms with Crippen LogP contribution in [-0.2, 0) is 11.3 Å². The first-order valence-electron chi connectivity index (χ1n) is 7.02. The van der Waals surface area contributed by atoms with Crippen molar-refractivity contribution in [3.63, 3.8) is 0 Å². The number of rotatable bonds is 1. The van der Waals surface area contributed by atoms with Crippen LogP contribution in [0, 0.1) is 5.82 Å². The maximum absolute atomic E-state index is 13.9. The van der Waals surface area contributed by atoms with E-state index in [1.807, 2.05) is 0 Å². The minimum atomic E-state index is -1.27. The van der Waals surface area contributed by atoms with Crippen LogP contribution in [0.4, 0.5) is 4.39 Å². The van der Waals surface area contributed by atoms with Crippen molar-refractivity contribution in [2.75, 3.05) is 13.2 Å². The first kappa shape index (κ1) is 13.4. The van der Waals surface area contributed by atoms with Crippen molar-refractivity contribution in [2.24, 2.45) is 0 Å². The smallest absolute Gasteiger partial charge is 0.254 e. The van der Waals surface area contributed by atoms with Gasteiger partial charge in [0.2, 0.25) is 0 Å². The van der Waals surface area contributed by atoms with Gasteiger partial charge in [-0.05, 0) is 37.8 Å². The molecule has 0 radical (unpaired) electrons. The number of hydrogen-bond acceptors (Lipinski definition) is 3. The molecule has 0 saturated heterocycles. The van der Waals surface area contributed by atoms with E-state index in [0.29, 0.717) is 37.3 Å². The van der Waals surface area contributed by atoms with Crippen LogP contribution in [0.5, 0.6) is 5.75 Å². The first-order chi connectivity index (χ1) is 9.60. The molecule has 1 saturated carbocycles. The molecule has 5 heteroatoms. The molecule has 20 heavy (non-hydrogen) atoms. The van der Waals surface area contributed by atoms with Gasteiger partial charge in [0, 0.05) is 5.56 Å². The van der Waals surface area contributed by atoms with Gasteiger partial charge < -0.3 is 14.7 Å². The molecule has 1 aliphatic carbocycles. The summed E-state index contributed by atoms with van der Waals surface area (Å²) in [6.07, 6.45) is 2.70. The number of carbonyl (C=O) groups excluding carboxylic acids is 1. The first-order valence-corrected chi connectivity index (χ1v) is 7.02. The molecule has 1 aromatic rings. The molecular formula is C15H18FNO3. The highest BCUT2D eigenvalue weighted by molar-refractivity contribution is 5.85. The number of nitrogens with zero attached hydrogens (tertiary/aromatic N) is 1. The number of amides is 1. The Balaban J connectivity index is 1.85. The third-order valence-electron chi connectivity index (χ3n) is 4.16. The van der Waals surface area contributed by atoms with Gasteiger partial charge in [-0.15, -0.1) is 0 Å². The predicted octanol–water partition coefficient (Wildman–Crippen LogP) is 1.85. The van der Waals surface area contributed by atoms with Crippen LogP contribution in [-0.4, -0.2) is 34.7 Å². The van der Waals surface area contributed by atoms with Crippen LogP contribution in [0.3, 0.4) is 0 Å². The van der Waals surface area contributed by atoms with E-state index in [1.54, 1.807) is 12.1 Å². The van der Waals surface area contributed by atoms with Crippen molar-refractivity contribution in [3.05, 3.63) is 29.6 Å². The Morgan fingerprint density at radius 2 is 2.10 bits per heavy atom. The normalized spacial score (nSPS) is 21.0. The summed E-state index contributed by atoms with van der Waals surface area (Å²) in [6, 6.07) is 4.66. The fraction of sp³-hybridized carbons (Fsp3) is 0.533. The Bertz CT molecular complexity index is 526. The van der Waals surface area contributed by atoms with Crippen molar-refractivity contribution < 1.29 is 19.0 Å². The van der Waals surface area contributed by atoms with E-state index in [0.717, 1.165) is 12.8 Å². The summed E-state index contributed by atoms with van der Waals surface area (Å²) in [7, 11) is 0. The zero-order valence-corrected chi connectivity index (χ0v) is 11.3. The van der Waals surface area contributed by atoms with Gasteiger partial charge in [-0.25, -0.2) is 4.39 Å². The van der Waals surface area contributed by atoms with E-state index in [4.69, 9.17) is 4.74 Å². The van der Waals surface area contributed by atoms with Gasteiger partial charge in [0.05, 0.1) is 13.1 Å². The van der Waals surface area contributed by atoms with Crippen LogP contribution >= 0.6 is 0 Å². The van der Waals surface area contributed by atoms with Crippen molar-refractivity contribution >= 4 is 5.91 Å². The highest BCUT2D eigenvalue weighted by Crippen LogP contribution is 2.33. The van der Waals surface area contributed by atoms with E-state index in [9.17, 15) is 14.3 Å². The second-order valence-electron chi connectivity index (χ2n) is 5.53. The Morgan fingerprint density at radius 1 is 1.35 bits per heavy atom. The lowest BCUT2D eigenvalue weighted by molar-refractivity contribution is -0.151. The molecule has 0 unspecified atom stereocenters.